The molecule has 2 aliphatic heterocycles. The van der Waals surface area contributed by atoms with E-state index in [9.17, 15) is 9.59 Å². The summed E-state index contributed by atoms with van der Waals surface area (Å²) >= 11 is 1.37. The number of nitrogens with one attached hydrogen (secondary N) is 2. The summed E-state index contributed by atoms with van der Waals surface area (Å²) < 4.78 is 7.98. The number of amides is 2. The number of anilines is 2. The van der Waals surface area contributed by atoms with Gasteiger partial charge in [-0.1, -0.05) is 36.7 Å². The number of para-hydroxylation sites is 1. The monoisotopic (exact) mass is 498 g/mol. The first-order valence-corrected chi connectivity index (χ1v) is 13.8. The van der Waals surface area contributed by atoms with Crippen LogP contribution in [0.15, 0.2) is 29.4 Å². The largest absolute Gasteiger partial charge is 0.376 e. The van der Waals surface area contributed by atoms with Gasteiger partial charge in [-0.05, 0) is 50.7 Å². The molecule has 1 atom stereocenters. The van der Waals surface area contributed by atoms with Crippen LogP contribution in [0, 0.1) is 0 Å². The number of aromatic nitrogens is 3. The van der Waals surface area contributed by atoms with Crippen molar-refractivity contribution >= 4 is 35.2 Å². The Morgan fingerprint density at radius 3 is 2.60 bits per heavy atom. The van der Waals surface area contributed by atoms with Gasteiger partial charge in [0.25, 0.3) is 5.91 Å². The van der Waals surface area contributed by atoms with Gasteiger partial charge in [0.05, 0.1) is 29.7 Å². The highest BCUT2D eigenvalue weighted by molar-refractivity contribution is 7.99. The van der Waals surface area contributed by atoms with Gasteiger partial charge in [-0.2, -0.15) is 0 Å². The zero-order valence-corrected chi connectivity index (χ0v) is 20.9. The average Bonchev–Trinajstić information content (AvgIpc) is 3.67. The fraction of sp³-hybridized carbons (Fsp3) is 0.600. The van der Waals surface area contributed by atoms with Crippen molar-refractivity contribution in [2.75, 3.05) is 35.7 Å². The smallest absolute Gasteiger partial charge is 0.253 e. The van der Waals surface area contributed by atoms with Crippen molar-refractivity contribution in [2.24, 2.45) is 0 Å². The van der Waals surface area contributed by atoms with Crippen molar-refractivity contribution in [3.8, 4) is 0 Å². The zero-order valence-electron chi connectivity index (χ0n) is 20.1. The van der Waals surface area contributed by atoms with Crippen molar-refractivity contribution in [3.05, 3.63) is 29.8 Å². The maximum absolute atomic E-state index is 12.9. The molecule has 2 amide bonds. The van der Waals surface area contributed by atoms with Crippen LogP contribution in [0.1, 0.15) is 61.7 Å². The lowest BCUT2D eigenvalue weighted by atomic mass is 10.1. The third kappa shape index (κ3) is 5.98. The Morgan fingerprint density at radius 1 is 1.03 bits per heavy atom. The third-order valence-electron chi connectivity index (χ3n) is 6.96. The van der Waals surface area contributed by atoms with E-state index >= 15 is 0 Å². The second kappa shape index (κ2) is 11.4. The molecule has 10 heteroatoms. The lowest BCUT2D eigenvalue weighted by molar-refractivity contribution is -0.113. The summed E-state index contributed by atoms with van der Waals surface area (Å²) in [4.78, 5) is 28.0. The Morgan fingerprint density at radius 2 is 1.83 bits per heavy atom. The number of rotatable bonds is 9. The molecule has 3 fully saturated rings. The Balaban J connectivity index is 1.23. The number of nitrogens with zero attached hydrogens (tertiary/aromatic N) is 4. The first kappa shape index (κ1) is 24.1. The van der Waals surface area contributed by atoms with Gasteiger partial charge in [-0.25, -0.2) is 0 Å². The average molecular weight is 499 g/mol. The Hall–Kier alpha value is -2.59. The van der Waals surface area contributed by atoms with Crippen LogP contribution < -0.4 is 15.5 Å². The molecule has 1 saturated carbocycles. The summed E-state index contributed by atoms with van der Waals surface area (Å²) in [5, 5.41) is 15.6. The number of hydrogen-bond acceptors (Lipinski definition) is 7. The first-order chi connectivity index (χ1) is 17.2. The number of carbonyl (C=O) groups excluding carboxylic acids is 2. The topological polar surface area (TPSA) is 101 Å². The fourth-order valence-corrected chi connectivity index (χ4v) is 5.87. The molecule has 1 aromatic heterocycles. The van der Waals surface area contributed by atoms with Gasteiger partial charge in [0.15, 0.2) is 5.16 Å². The summed E-state index contributed by atoms with van der Waals surface area (Å²) in [6.07, 6.45) is 8.91. The molecule has 35 heavy (non-hydrogen) atoms. The molecule has 3 heterocycles. The number of carbonyl (C=O) groups is 2. The van der Waals surface area contributed by atoms with E-state index in [0.29, 0.717) is 17.8 Å². The van der Waals surface area contributed by atoms with Gasteiger partial charge < -0.3 is 20.3 Å². The highest BCUT2D eigenvalue weighted by atomic mass is 32.2. The van der Waals surface area contributed by atoms with Crippen LogP contribution >= 0.6 is 11.8 Å². The van der Waals surface area contributed by atoms with Crippen LogP contribution in [-0.4, -0.2) is 64.2 Å². The van der Waals surface area contributed by atoms with Crippen molar-refractivity contribution in [2.45, 2.75) is 75.2 Å². The predicted molar refractivity (Wildman–Crippen MR) is 136 cm³/mol. The second-order valence-corrected chi connectivity index (χ2v) is 10.5. The van der Waals surface area contributed by atoms with Gasteiger partial charge >= 0.3 is 0 Å². The number of thioether (sulfide) groups is 1. The minimum Gasteiger partial charge on any atom is -0.376 e. The Labute approximate surface area is 210 Å². The minimum atomic E-state index is -0.175. The quantitative estimate of drug-likeness (QED) is 0.511. The predicted octanol–water partition coefficient (Wildman–Crippen LogP) is 3.46. The fourth-order valence-electron chi connectivity index (χ4n) is 5.13. The highest BCUT2D eigenvalue weighted by Crippen LogP contribution is 2.27. The Kier molecular flexibility index (Phi) is 7.88. The van der Waals surface area contributed by atoms with Crippen LogP contribution in [0.2, 0.25) is 0 Å². The molecule has 0 spiro atoms. The molecule has 1 aliphatic carbocycles. The molecule has 2 saturated heterocycles. The third-order valence-corrected chi connectivity index (χ3v) is 7.93. The number of ether oxygens (including phenoxy) is 1. The maximum atomic E-state index is 12.9. The second-order valence-electron chi connectivity index (χ2n) is 9.56. The molecule has 0 bridgehead atoms. The van der Waals surface area contributed by atoms with Crippen LogP contribution in [0.4, 0.5) is 11.6 Å². The summed E-state index contributed by atoms with van der Waals surface area (Å²) in [5.74, 6) is 0.745. The summed E-state index contributed by atoms with van der Waals surface area (Å²) in [6.45, 7) is 3.46. The summed E-state index contributed by atoms with van der Waals surface area (Å²) in [5.41, 5.74) is 1.03. The molecular formula is C25H34N6O3S. The molecule has 0 radical (unpaired) electrons. The molecule has 188 valence electrons. The van der Waals surface area contributed by atoms with E-state index in [1.807, 2.05) is 12.1 Å². The zero-order chi connectivity index (χ0) is 24.0. The van der Waals surface area contributed by atoms with Gasteiger partial charge in [0.2, 0.25) is 11.9 Å². The molecule has 2 aromatic rings. The SMILES string of the molecule is O=C(CSc1nnc(N2CCCC2)n1C[C@@H]1CCCO1)Nc1ccccc1C(=O)NC1CCCC1. The number of hydrogen-bond donors (Lipinski definition) is 2. The van der Waals surface area contributed by atoms with Gasteiger partial charge in [-0.3, -0.25) is 14.2 Å². The van der Waals surface area contributed by atoms with E-state index in [1.165, 1.54) is 11.8 Å². The summed E-state index contributed by atoms with van der Waals surface area (Å²) in [7, 11) is 0. The maximum Gasteiger partial charge on any atom is 0.253 e. The lowest BCUT2D eigenvalue weighted by Gasteiger charge is -2.20. The molecule has 5 rings (SSSR count). The molecule has 3 aliphatic rings. The van der Waals surface area contributed by atoms with Gasteiger partial charge in [0, 0.05) is 25.7 Å². The molecule has 9 nitrogen and oxygen atoms in total. The van der Waals surface area contributed by atoms with Crippen molar-refractivity contribution in [1.82, 2.24) is 20.1 Å². The van der Waals surface area contributed by atoms with Crippen molar-refractivity contribution in [1.29, 1.82) is 0 Å². The molecule has 2 N–H and O–H groups in total. The van der Waals surface area contributed by atoms with Gasteiger partial charge in [0.1, 0.15) is 0 Å². The van der Waals surface area contributed by atoms with Crippen LogP contribution in [0.5, 0.6) is 0 Å². The standard InChI is InChI=1S/C25H34N6O3S/c32-22(27-21-12-4-3-11-20(21)23(33)26-18-8-1-2-9-18)17-35-25-29-28-24(30-13-5-6-14-30)31(25)16-19-10-7-15-34-19/h3-4,11-12,18-19H,1-2,5-10,13-17H2,(H,26,33)(H,27,32)/t19-/m0/s1. The normalized spacial score (nSPS) is 20.5. The van der Waals surface area contributed by atoms with E-state index in [4.69, 9.17) is 4.74 Å². The van der Waals surface area contributed by atoms with E-state index in [1.54, 1.807) is 12.1 Å². The van der Waals surface area contributed by atoms with E-state index in [0.717, 1.165) is 82.2 Å². The van der Waals surface area contributed by atoms with E-state index in [-0.39, 0.29) is 29.7 Å². The Bertz CT molecular complexity index is 1030. The van der Waals surface area contributed by atoms with Crippen molar-refractivity contribution in [3.63, 3.8) is 0 Å². The lowest BCUT2D eigenvalue weighted by Crippen LogP contribution is -2.33. The summed E-state index contributed by atoms with van der Waals surface area (Å²) in [6, 6.07) is 7.41. The minimum absolute atomic E-state index is 0.132. The molecule has 1 aromatic carbocycles. The van der Waals surface area contributed by atoms with Crippen LogP contribution in [0.3, 0.4) is 0 Å². The van der Waals surface area contributed by atoms with Gasteiger partial charge in [-0.15, -0.1) is 10.2 Å². The van der Waals surface area contributed by atoms with Crippen LogP contribution in [0.25, 0.3) is 0 Å². The highest BCUT2D eigenvalue weighted by Gasteiger charge is 2.26. The van der Waals surface area contributed by atoms with Crippen molar-refractivity contribution < 1.29 is 14.3 Å². The first-order valence-electron chi connectivity index (χ1n) is 12.8. The molecule has 0 unspecified atom stereocenters. The number of benzene rings is 1. The van der Waals surface area contributed by atoms with Crippen LogP contribution in [-0.2, 0) is 16.1 Å². The van der Waals surface area contributed by atoms with E-state index < -0.39 is 0 Å². The molecular weight excluding hydrogens is 464 g/mol. The van der Waals surface area contributed by atoms with E-state index in [2.05, 4.69) is 30.3 Å².